The van der Waals surface area contributed by atoms with Crippen molar-refractivity contribution in [1.29, 1.82) is 0 Å². The number of hydrogen-bond donors (Lipinski definition) is 1. The Morgan fingerprint density at radius 1 is 1.08 bits per heavy atom. The standard InChI is InChI=1S/C22H28NO3/c1-23(2)16-9-14-20(23)15-17-26-21(24)22(25,18-10-5-3-6-11-18)19-12-7-4-8-13-19/h3-8,10-13,20,25H,9,14-17H2,1-2H3/q+1. The van der Waals surface area contributed by atoms with Gasteiger partial charge in [-0.15, -0.1) is 0 Å². The van der Waals surface area contributed by atoms with Crippen molar-refractivity contribution in [2.45, 2.75) is 30.9 Å². The van der Waals surface area contributed by atoms with Gasteiger partial charge in [0.2, 0.25) is 5.60 Å². The average molecular weight is 354 g/mol. The fraction of sp³-hybridized carbons (Fsp3) is 0.409. The lowest BCUT2D eigenvalue weighted by Crippen LogP contribution is -2.45. The van der Waals surface area contributed by atoms with Crippen LogP contribution in [0.5, 0.6) is 0 Å². The fourth-order valence-corrected chi connectivity index (χ4v) is 3.91. The summed E-state index contributed by atoms with van der Waals surface area (Å²) in [6, 6.07) is 18.5. The van der Waals surface area contributed by atoms with Crippen LogP contribution in [0.1, 0.15) is 30.4 Å². The molecule has 138 valence electrons. The van der Waals surface area contributed by atoms with Crippen molar-refractivity contribution in [1.82, 2.24) is 0 Å². The third kappa shape index (κ3) is 3.67. The molecular weight excluding hydrogens is 326 g/mol. The molecule has 1 unspecified atom stereocenters. The minimum absolute atomic E-state index is 0.327. The van der Waals surface area contributed by atoms with Gasteiger partial charge in [-0.3, -0.25) is 0 Å². The quantitative estimate of drug-likeness (QED) is 0.640. The van der Waals surface area contributed by atoms with Crippen molar-refractivity contribution < 1.29 is 19.1 Å². The molecule has 0 bridgehead atoms. The highest BCUT2D eigenvalue weighted by molar-refractivity contribution is 5.85. The van der Waals surface area contributed by atoms with Gasteiger partial charge in [0, 0.05) is 19.3 Å². The zero-order valence-electron chi connectivity index (χ0n) is 15.6. The molecule has 0 aliphatic carbocycles. The number of rotatable bonds is 6. The summed E-state index contributed by atoms with van der Waals surface area (Å²) in [6.07, 6.45) is 3.19. The maximum absolute atomic E-state index is 12.9. The second kappa shape index (κ2) is 7.60. The highest BCUT2D eigenvalue weighted by atomic mass is 16.5. The number of hydrogen-bond acceptors (Lipinski definition) is 3. The molecule has 0 aromatic heterocycles. The molecule has 1 N–H and O–H groups in total. The zero-order valence-corrected chi connectivity index (χ0v) is 15.6. The Bertz CT molecular complexity index is 688. The van der Waals surface area contributed by atoms with E-state index < -0.39 is 11.6 Å². The molecule has 3 rings (SSSR count). The molecule has 1 aliphatic heterocycles. The fourth-order valence-electron chi connectivity index (χ4n) is 3.91. The van der Waals surface area contributed by atoms with E-state index in [1.54, 1.807) is 24.3 Å². The van der Waals surface area contributed by atoms with Gasteiger partial charge in [-0.2, -0.15) is 0 Å². The minimum Gasteiger partial charge on any atom is -0.463 e. The molecular formula is C22H28NO3+. The number of nitrogens with zero attached hydrogens (tertiary/aromatic N) is 1. The molecule has 0 amide bonds. The molecule has 0 spiro atoms. The predicted octanol–water partition coefficient (Wildman–Crippen LogP) is 3.09. The summed E-state index contributed by atoms with van der Waals surface area (Å²) in [4.78, 5) is 12.9. The third-order valence-electron chi connectivity index (χ3n) is 5.62. The number of esters is 1. The highest BCUT2D eigenvalue weighted by Gasteiger charge is 2.42. The Morgan fingerprint density at radius 3 is 2.08 bits per heavy atom. The van der Waals surface area contributed by atoms with Crippen LogP contribution in [-0.4, -0.2) is 48.8 Å². The van der Waals surface area contributed by atoms with Crippen molar-refractivity contribution in [3.05, 3.63) is 71.8 Å². The van der Waals surface area contributed by atoms with Crippen LogP contribution in [0.4, 0.5) is 0 Å². The first-order valence-electron chi connectivity index (χ1n) is 9.28. The lowest BCUT2D eigenvalue weighted by molar-refractivity contribution is -0.902. The van der Waals surface area contributed by atoms with Crippen LogP contribution >= 0.6 is 0 Å². The van der Waals surface area contributed by atoms with E-state index in [1.807, 2.05) is 36.4 Å². The molecule has 0 radical (unpaired) electrons. The van der Waals surface area contributed by atoms with E-state index in [-0.39, 0.29) is 0 Å². The summed E-state index contributed by atoms with van der Waals surface area (Å²) in [6.45, 7) is 1.49. The van der Waals surface area contributed by atoms with Crippen molar-refractivity contribution in [2.75, 3.05) is 27.2 Å². The number of likely N-dealkylation sites (tertiary alicyclic amines) is 1. The number of benzene rings is 2. The van der Waals surface area contributed by atoms with Gasteiger partial charge in [-0.1, -0.05) is 60.7 Å². The van der Waals surface area contributed by atoms with E-state index >= 15 is 0 Å². The number of carbonyl (C=O) groups excluding carboxylic acids is 1. The van der Waals surface area contributed by atoms with Crippen LogP contribution < -0.4 is 0 Å². The Balaban J connectivity index is 1.76. The molecule has 0 saturated carbocycles. The van der Waals surface area contributed by atoms with Gasteiger partial charge < -0.3 is 14.3 Å². The average Bonchev–Trinajstić information content (AvgIpc) is 3.00. The van der Waals surface area contributed by atoms with Gasteiger partial charge in [0.15, 0.2) is 0 Å². The number of ether oxygens (including phenoxy) is 1. The van der Waals surface area contributed by atoms with E-state index in [4.69, 9.17) is 4.74 Å². The summed E-state index contributed by atoms with van der Waals surface area (Å²) >= 11 is 0. The second-order valence-electron chi connectivity index (χ2n) is 7.67. The lowest BCUT2D eigenvalue weighted by atomic mass is 9.86. The molecule has 26 heavy (non-hydrogen) atoms. The SMILES string of the molecule is C[N+]1(C)CCCC1CCOC(=O)C(O)(c1ccccc1)c1ccccc1. The predicted molar refractivity (Wildman–Crippen MR) is 101 cm³/mol. The monoisotopic (exact) mass is 354 g/mol. The minimum atomic E-state index is -1.79. The van der Waals surface area contributed by atoms with Crippen molar-refractivity contribution in [3.8, 4) is 0 Å². The summed E-state index contributed by atoms with van der Waals surface area (Å²) in [7, 11) is 4.45. The van der Waals surface area contributed by atoms with Gasteiger partial charge in [0.25, 0.3) is 0 Å². The summed E-state index contributed by atoms with van der Waals surface area (Å²) in [5, 5.41) is 11.3. The van der Waals surface area contributed by atoms with Crippen molar-refractivity contribution >= 4 is 5.97 Å². The van der Waals surface area contributed by atoms with Gasteiger partial charge in [0.05, 0.1) is 33.3 Å². The van der Waals surface area contributed by atoms with E-state index in [0.717, 1.165) is 23.9 Å². The molecule has 1 atom stereocenters. The van der Waals surface area contributed by atoms with Gasteiger partial charge in [-0.05, 0) is 11.1 Å². The Hall–Kier alpha value is -2.17. The molecule has 4 heteroatoms. The Labute approximate surface area is 155 Å². The first-order chi connectivity index (χ1) is 12.4. The number of quaternary nitrogens is 1. The van der Waals surface area contributed by atoms with Crippen LogP contribution in [0.25, 0.3) is 0 Å². The Morgan fingerprint density at radius 2 is 1.62 bits per heavy atom. The van der Waals surface area contributed by atoms with E-state index in [1.165, 1.54) is 6.42 Å². The number of aliphatic hydroxyl groups is 1. The smallest absolute Gasteiger partial charge is 0.347 e. The lowest BCUT2D eigenvalue weighted by Gasteiger charge is -2.32. The molecule has 1 heterocycles. The van der Waals surface area contributed by atoms with Gasteiger partial charge >= 0.3 is 5.97 Å². The zero-order chi connectivity index (χ0) is 18.6. The van der Waals surface area contributed by atoms with Crippen LogP contribution in [0.3, 0.4) is 0 Å². The van der Waals surface area contributed by atoms with Crippen LogP contribution in [0, 0.1) is 0 Å². The van der Waals surface area contributed by atoms with Crippen molar-refractivity contribution in [2.24, 2.45) is 0 Å². The second-order valence-corrected chi connectivity index (χ2v) is 7.67. The first kappa shape index (κ1) is 18.6. The summed E-state index contributed by atoms with van der Waals surface area (Å²) < 4.78 is 6.54. The largest absolute Gasteiger partial charge is 0.463 e. The highest BCUT2D eigenvalue weighted by Crippen LogP contribution is 2.31. The Kier molecular flexibility index (Phi) is 5.44. The molecule has 2 aromatic carbocycles. The molecule has 1 aliphatic rings. The van der Waals surface area contributed by atoms with E-state index in [0.29, 0.717) is 23.8 Å². The molecule has 1 saturated heterocycles. The summed E-state index contributed by atoms with van der Waals surface area (Å²) in [5.41, 5.74) is -0.746. The summed E-state index contributed by atoms with van der Waals surface area (Å²) in [5.74, 6) is -0.613. The van der Waals surface area contributed by atoms with Crippen LogP contribution in [0.15, 0.2) is 60.7 Å². The molecule has 2 aromatic rings. The van der Waals surface area contributed by atoms with Crippen LogP contribution in [0.2, 0.25) is 0 Å². The topological polar surface area (TPSA) is 46.5 Å². The maximum Gasteiger partial charge on any atom is 0.347 e. The maximum atomic E-state index is 12.9. The van der Waals surface area contributed by atoms with E-state index in [9.17, 15) is 9.90 Å². The van der Waals surface area contributed by atoms with Crippen molar-refractivity contribution in [3.63, 3.8) is 0 Å². The number of carbonyl (C=O) groups is 1. The van der Waals surface area contributed by atoms with Gasteiger partial charge in [-0.25, -0.2) is 4.79 Å². The first-order valence-corrected chi connectivity index (χ1v) is 9.28. The third-order valence-corrected chi connectivity index (χ3v) is 5.62. The molecule has 4 nitrogen and oxygen atoms in total. The van der Waals surface area contributed by atoms with Crippen LogP contribution in [-0.2, 0) is 15.1 Å². The van der Waals surface area contributed by atoms with E-state index in [2.05, 4.69) is 14.1 Å². The normalized spacial score (nSPS) is 19.3. The molecule has 1 fully saturated rings. The van der Waals surface area contributed by atoms with Gasteiger partial charge in [0.1, 0.15) is 0 Å².